The summed E-state index contributed by atoms with van der Waals surface area (Å²) >= 11 is 0. The number of allylic oxidation sites excluding steroid dienone is 2. The zero-order chi connectivity index (χ0) is 19.0. The highest BCUT2D eigenvalue weighted by atomic mass is 19.4. The second kappa shape index (κ2) is 6.53. The van der Waals surface area contributed by atoms with E-state index in [-0.39, 0.29) is 11.5 Å². The third-order valence-corrected chi connectivity index (χ3v) is 3.46. The summed E-state index contributed by atoms with van der Waals surface area (Å²) in [5.41, 5.74) is -0.978. The Morgan fingerprint density at radius 1 is 1.36 bits per heavy atom. The van der Waals surface area contributed by atoms with Crippen LogP contribution in [-0.2, 0) is 14.3 Å². The maximum absolute atomic E-state index is 13.4. The number of hydrogen-bond donors (Lipinski definition) is 1. The molecular weight excluding hydrogens is 341 g/mol. The predicted molar refractivity (Wildman–Crippen MR) is 81.4 cm³/mol. The Hall–Kier alpha value is -2.32. The fourth-order valence-corrected chi connectivity index (χ4v) is 2.50. The lowest BCUT2D eigenvalue weighted by molar-refractivity contribution is -0.203. The third-order valence-electron chi connectivity index (χ3n) is 3.46. The molecule has 1 aromatic heterocycles. The van der Waals surface area contributed by atoms with E-state index in [0.29, 0.717) is 5.76 Å². The van der Waals surface area contributed by atoms with Crippen molar-refractivity contribution in [2.45, 2.75) is 45.9 Å². The Labute approximate surface area is 142 Å². The number of carbonyl (C=O) groups is 2. The maximum atomic E-state index is 13.4. The van der Waals surface area contributed by atoms with E-state index in [1.165, 1.54) is 26.8 Å². The molecule has 1 aliphatic rings. The number of rotatable bonds is 3. The second-order valence-electron chi connectivity index (χ2n) is 6.88. The molecule has 2 unspecified atom stereocenters. The van der Waals surface area contributed by atoms with Gasteiger partial charge in [0.15, 0.2) is 11.6 Å². The van der Waals surface area contributed by atoms with Gasteiger partial charge in [0.05, 0.1) is 5.92 Å². The van der Waals surface area contributed by atoms with Crippen molar-refractivity contribution in [1.82, 2.24) is 5.16 Å². The van der Waals surface area contributed by atoms with E-state index in [4.69, 9.17) is 9.26 Å². The van der Waals surface area contributed by atoms with Crippen molar-refractivity contribution in [1.29, 1.82) is 0 Å². The zero-order valence-electron chi connectivity index (χ0n) is 14.2. The van der Waals surface area contributed by atoms with Crippen LogP contribution in [0.25, 0.3) is 0 Å². The summed E-state index contributed by atoms with van der Waals surface area (Å²) in [5, 5.41) is 6.24. The van der Waals surface area contributed by atoms with Gasteiger partial charge in [0.1, 0.15) is 17.3 Å². The van der Waals surface area contributed by atoms with Crippen molar-refractivity contribution in [3.8, 4) is 0 Å². The normalized spacial score (nSPS) is 21.7. The lowest BCUT2D eigenvalue weighted by Crippen LogP contribution is -2.45. The number of carbonyl (C=O) groups excluding carboxylic acids is 2. The van der Waals surface area contributed by atoms with E-state index < -0.39 is 41.8 Å². The highest BCUT2D eigenvalue weighted by Gasteiger charge is 2.53. The second-order valence-corrected chi connectivity index (χ2v) is 6.88. The smallest absolute Gasteiger partial charge is 0.393 e. The van der Waals surface area contributed by atoms with Gasteiger partial charge in [0, 0.05) is 24.3 Å². The van der Waals surface area contributed by atoms with E-state index >= 15 is 0 Å². The van der Waals surface area contributed by atoms with Gasteiger partial charge < -0.3 is 14.6 Å². The van der Waals surface area contributed by atoms with E-state index in [0.717, 1.165) is 6.08 Å². The largest absolute Gasteiger partial charge is 0.459 e. The van der Waals surface area contributed by atoms with E-state index in [1.807, 2.05) is 0 Å². The Kier molecular flexibility index (Phi) is 4.97. The molecule has 6 nitrogen and oxygen atoms in total. The van der Waals surface area contributed by atoms with Crippen LogP contribution >= 0.6 is 0 Å². The van der Waals surface area contributed by atoms with Crippen LogP contribution in [-0.4, -0.2) is 28.7 Å². The van der Waals surface area contributed by atoms with Gasteiger partial charge in [-0.3, -0.25) is 9.59 Å². The van der Waals surface area contributed by atoms with E-state index in [2.05, 4.69) is 10.5 Å². The number of ketones is 1. The van der Waals surface area contributed by atoms with Gasteiger partial charge in [0.2, 0.25) is 0 Å². The molecule has 9 heteroatoms. The molecular formula is C16H19F3N2O4. The third kappa shape index (κ3) is 4.83. The monoisotopic (exact) mass is 360 g/mol. The number of ether oxygens (including phenoxy) is 1. The standard InChI is InChI=1S/C16H19F3N2O4/c1-8-5-12(21-25-8)20-9-6-10(16(17,18)19)13(11(22)7-9)14(23)24-15(2,3)4/h5,7,10,13H,6H2,1-4H3,(H,20,21). The first-order chi connectivity index (χ1) is 11.4. The minimum absolute atomic E-state index is 0.0143. The first-order valence-corrected chi connectivity index (χ1v) is 7.61. The SMILES string of the molecule is Cc1cc(NC2=CC(=O)C(C(=O)OC(C)(C)C)C(C(F)(F)F)C2)no1. The molecule has 0 spiro atoms. The number of nitrogens with one attached hydrogen (secondary N) is 1. The molecule has 1 N–H and O–H groups in total. The molecule has 1 aliphatic carbocycles. The fourth-order valence-electron chi connectivity index (χ4n) is 2.50. The van der Waals surface area contributed by atoms with Crippen molar-refractivity contribution in [2.75, 3.05) is 5.32 Å². The van der Waals surface area contributed by atoms with E-state index in [9.17, 15) is 22.8 Å². The molecule has 0 saturated carbocycles. The molecule has 0 radical (unpaired) electrons. The molecule has 0 aliphatic heterocycles. The lowest BCUT2D eigenvalue weighted by Gasteiger charge is -2.32. The minimum Gasteiger partial charge on any atom is -0.459 e. The topological polar surface area (TPSA) is 81.4 Å². The number of halogens is 3. The summed E-state index contributed by atoms with van der Waals surface area (Å²) in [5.74, 6) is -5.56. The van der Waals surface area contributed by atoms with Crippen molar-refractivity contribution in [3.63, 3.8) is 0 Å². The Bertz CT molecular complexity index is 701. The first-order valence-electron chi connectivity index (χ1n) is 7.61. The summed E-state index contributed by atoms with van der Waals surface area (Å²) in [6, 6.07) is 1.48. The summed E-state index contributed by atoms with van der Waals surface area (Å²) < 4.78 is 50.1. The van der Waals surface area contributed by atoms with Crippen LogP contribution in [0.3, 0.4) is 0 Å². The molecule has 25 heavy (non-hydrogen) atoms. The summed E-state index contributed by atoms with van der Waals surface area (Å²) in [6.45, 7) is 6.19. The van der Waals surface area contributed by atoms with Gasteiger partial charge in [-0.2, -0.15) is 13.2 Å². The van der Waals surface area contributed by atoms with Gasteiger partial charge in [-0.1, -0.05) is 5.16 Å². The molecule has 0 fully saturated rings. The van der Waals surface area contributed by atoms with Crippen LogP contribution in [0.1, 0.15) is 33.0 Å². The van der Waals surface area contributed by atoms with Crippen LogP contribution in [0.5, 0.6) is 0 Å². The molecule has 0 bridgehead atoms. The number of esters is 1. The molecule has 1 aromatic rings. The number of alkyl halides is 3. The number of aromatic nitrogens is 1. The molecule has 1 heterocycles. The molecule has 2 rings (SSSR count). The van der Waals surface area contributed by atoms with Gasteiger partial charge in [-0.15, -0.1) is 0 Å². The maximum Gasteiger partial charge on any atom is 0.393 e. The highest BCUT2D eigenvalue weighted by Crippen LogP contribution is 2.41. The fraction of sp³-hybridized carbons (Fsp3) is 0.562. The molecule has 0 aromatic carbocycles. The number of nitrogens with zero attached hydrogens (tertiary/aromatic N) is 1. The summed E-state index contributed by atoms with van der Waals surface area (Å²) in [7, 11) is 0. The van der Waals surface area contributed by atoms with Crippen molar-refractivity contribution in [3.05, 3.63) is 23.6 Å². The average Bonchev–Trinajstić information content (AvgIpc) is 2.80. The quantitative estimate of drug-likeness (QED) is 0.657. The van der Waals surface area contributed by atoms with Crippen LogP contribution in [0.15, 0.2) is 22.4 Å². The average molecular weight is 360 g/mol. The predicted octanol–water partition coefficient (Wildman–Crippen LogP) is 3.39. The number of hydrogen-bond acceptors (Lipinski definition) is 6. The number of anilines is 1. The first kappa shape index (κ1) is 19.0. The van der Waals surface area contributed by atoms with Crippen LogP contribution < -0.4 is 5.32 Å². The Balaban J connectivity index is 2.28. The van der Waals surface area contributed by atoms with Crippen LogP contribution in [0, 0.1) is 18.8 Å². The van der Waals surface area contributed by atoms with E-state index in [1.54, 1.807) is 6.92 Å². The van der Waals surface area contributed by atoms with Gasteiger partial charge in [-0.05, 0) is 27.7 Å². The van der Waals surface area contributed by atoms with Gasteiger partial charge in [0.25, 0.3) is 0 Å². The summed E-state index contributed by atoms with van der Waals surface area (Å²) in [4.78, 5) is 24.4. The molecule has 0 amide bonds. The molecule has 138 valence electrons. The Morgan fingerprint density at radius 2 is 2.00 bits per heavy atom. The zero-order valence-corrected chi connectivity index (χ0v) is 14.2. The number of aryl methyl sites for hydroxylation is 1. The summed E-state index contributed by atoms with van der Waals surface area (Å²) in [6.07, 6.45) is -4.32. The van der Waals surface area contributed by atoms with Crippen molar-refractivity contribution in [2.24, 2.45) is 11.8 Å². The van der Waals surface area contributed by atoms with Gasteiger partial charge >= 0.3 is 12.1 Å². The minimum atomic E-state index is -4.74. The van der Waals surface area contributed by atoms with Crippen LogP contribution in [0.4, 0.5) is 19.0 Å². The molecule has 0 saturated heterocycles. The molecule has 2 atom stereocenters. The Morgan fingerprint density at radius 3 is 2.48 bits per heavy atom. The lowest BCUT2D eigenvalue weighted by atomic mass is 9.80. The van der Waals surface area contributed by atoms with Crippen molar-refractivity contribution >= 4 is 17.6 Å². The highest BCUT2D eigenvalue weighted by molar-refractivity contribution is 6.06. The van der Waals surface area contributed by atoms with Crippen LogP contribution in [0.2, 0.25) is 0 Å². The van der Waals surface area contributed by atoms with Gasteiger partial charge in [-0.25, -0.2) is 0 Å². The van der Waals surface area contributed by atoms with Crippen molar-refractivity contribution < 1.29 is 32.0 Å².